The molecule has 2 unspecified atom stereocenters. The number of rotatable bonds is 4. The van der Waals surface area contributed by atoms with E-state index in [4.69, 9.17) is 11.6 Å². The average molecular weight is 358 g/mol. The van der Waals surface area contributed by atoms with Gasteiger partial charge in [-0.2, -0.15) is 0 Å². The first-order chi connectivity index (χ1) is 7.04. The molecule has 0 aromatic carbocycles. The summed E-state index contributed by atoms with van der Waals surface area (Å²) in [4.78, 5) is 11.7. The lowest BCUT2D eigenvalue weighted by Crippen LogP contribution is -2.37. The van der Waals surface area contributed by atoms with Crippen molar-refractivity contribution in [3.05, 3.63) is 19.9 Å². The van der Waals surface area contributed by atoms with Crippen LogP contribution in [0.5, 0.6) is 0 Å². The largest absolute Gasteiger partial charge is 0.349 e. The smallest absolute Gasteiger partial charge is 0.252 e. The number of halogens is 2. The van der Waals surface area contributed by atoms with Crippen molar-refractivity contribution < 1.29 is 4.79 Å². The van der Waals surface area contributed by atoms with Gasteiger partial charge in [-0.25, -0.2) is 0 Å². The zero-order valence-electron chi connectivity index (χ0n) is 8.59. The van der Waals surface area contributed by atoms with E-state index in [0.717, 1.165) is 8.45 Å². The molecule has 0 saturated carbocycles. The molecule has 0 fully saturated rings. The molecule has 5 heteroatoms. The first kappa shape index (κ1) is 13.3. The van der Waals surface area contributed by atoms with Crippen molar-refractivity contribution >= 4 is 51.4 Å². The van der Waals surface area contributed by atoms with Gasteiger partial charge in [-0.05, 0) is 41.5 Å². The van der Waals surface area contributed by atoms with Crippen molar-refractivity contribution in [1.82, 2.24) is 5.32 Å². The van der Waals surface area contributed by atoms with Crippen LogP contribution in [0.4, 0.5) is 0 Å². The number of carbonyl (C=O) groups excluding carboxylic acids is 1. The summed E-state index contributed by atoms with van der Waals surface area (Å²) >= 11 is 9.51. The summed E-state index contributed by atoms with van der Waals surface area (Å²) in [5.41, 5.74) is 0.734. The molecule has 2 nitrogen and oxygen atoms in total. The molecule has 2 atom stereocenters. The van der Waals surface area contributed by atoms with E-state index in [1.807, 2.05) is 25.3 Å². The first-order valence-corrected chi connectivity index (χ1v) is 7.14. The lowest BCUT2D eigenvalue weighted by Gasteiger charge is -2.18. The lowest BCUT2D eigenvalue weighted by atomic mass is 10.1. The molecule has 0 aliphatic carbocycles. The molecule has 1 N–H and O–H groups in total. The third kappa shape index (κ3) is 3.92. The average Bonchev–Trinajstić information content (AvgIpc) is 2.63. The Morgan fingerprint density at radius 1 is 1.67 bits per heavy atom. The summed E-state index contributed by atoms with van der Waals surface area (Å²) < 4.78 is 1.12. The van der Waals surface area contributed by atoms with Crippen LogP contribution in [-0.2, 0) is 0 Å². The van der Waals surface area contributed by atoms with Gasteiger partial charge in [0.2, 0.25) is 0 Å². The minimum atomic E-state index is -0.0152. The van der Waals surface area contributed by atoms with Gasteiger partial charge in [0.1, 0.15) is 0 Å². The van der Waals surface area contributed by atoms with E-state index < -0.39 is 0 Å². The number of nitrogens with one attached hydrogen (secondary N) is 1. The number of alkyl halides is 1. The Kier molecular flexibility index (Phi) is 5.35. The second-order valence-electron chi connectivity index (χ2n) is 3.53. The Labute approximate surface area is 113 Å². The summed E-state index contributed by atoms with van der Waals surface area (Å²) in [7, 11) is 0. The first-order valence-electron chi connectivity index (χ1n) is 4.65. The van der Waals surface area contributed by atoms with Crippen molar-refractivity contribution in [2.75, 3.05) is 5.88 Å². The van der Waals surface area contributed by atoms with Crippen LogP contribution >= 0.6 is 45.5 Å². The van der Waals surface area contributed by atoms with Gasteiger partial charge < -0.3 is 5.32 Å². The fourth-order valence-corrected chi connectivity index (χ4v) is 2.59. The lowest BCUT2D eigenvalue weighted by molar-refractivity contribution is 0.0931. The van der Waals surface area contributed by atoms with Crippen molar-refractivity contribution in [2.24, 2.45) is 5.92 Å². The molecule has 0 spiro atoms. The summed E-state index contributed by atoms with van der Waals surface area (Å²) in [6.07, 6.45) is 0. The van der Waals surface area contributed by atoms with E-state index in [2.05, 4.69) is 27.9 Å². The fourth-order valence-electron chi connectivity index (χ4n) is 0.995. The molecule has 15 heavy (non-hydrogen) atoms. The molecule has 0 aliphatic heterocycles. The van der Waals surface area contributed by atoms with Gasteiger partial charge >= 0.3 is 0 Å². The van der Waals surface area contributed by atoms with E-state index in [9.17, 15) is 4.79 Å². The van der Waals surface area contributed by atoms with E-state index >= 15 is 0 Å². The minimum absolute atomic E-state index is 0.0152. The molecule has 84 valence electrons. The van der Waals surface area contributed by atoms with Crippen molar-refractivity contribution in [3.8, 4) is 0 Å². The highest BCUT2D eigenvalue weighted by Crippen LogP contribution is 2.17. The van der Waals surface area contributed by atoms with Gasteiger partial charge in [-0.3, -0.25) is 4.79 Å². The number of carbonyl (C=O) groups is 1. The van der Waals surface area contributed by atoms with Crippen LogP contribution < -0.4 is 5.32 Å². The summed E-state index contributed by atoms with van der Waals surface area (Å²) in [5.74, 6) is 0.828. The normalized spacial score (nSPS) is 14.7. The Morgan fingerprint density at radius 2 is 2.33 bits per heavy atom. The van der Waals surface area contributed by atoms with Crippen LogP contribution in [0.2, 0.25) is 0 Å². The zero-order chi connectivity index (χ0) is 11.4. The molecular formula is C10H13ClINOS. The standard InChI is InChI=1S/C10H13ClINOS/c1-6(4-11)7(2)13-10(14)8-3-9(12)15-5-8/h3,5-7H,4H2,1-2H3,(H,13,14). The van der Waals surface area contributed by atoms with Gasteiger partial charge in [0.05, 0.1) is 8.45 Å². The second-order valence-corrected chi connectivity index (χ2v) is 6.65. The maximum atomic E-state index is 11.7. The molecule has 1 aromatic rings. The number of amides is 1. The molecular weight excluding hydrogens is 345 g/mol. The van der Waals surface area contributed by atoms with Crippen LogP contribution in [0.25, 0.3) is 0 Å². The van der Waals surface area contributed by atoms with E-state index in [1.54, 1.807) is 11.3 Å². The SMILES string of the molecule is CC(CCl)C(C)NC(=O)c1csc(I)c1. The van der Waals surface area contributed by atoms with Crippen molar-refractivity contribution in [3.63, 3.8) is 0 Å². The second kappa shape index (κ2) is 6.06. The molecule has 0 saturated heterocycles. The van der Waals surface area contributed by atoms with Crippen LogP contribution in [-0.4, -0.2) is 17.8 Å². The van der Waals surface area contributed by atoms with Crippen LogP contribution in [0, 0.1) is 8.80 Å². The predicted molar refractivity (Wildman–Crippen MR) is 73.8 cm³/mol. The summed E-state index contributed by atoms with van der Waals surface area (Å²) in [5, 5.41) is 4.81. The number of hydrogen-bond acceptors (Lipinski definition) is 2. The topological polar surface area (TPSA) is 29.1 Å². The zero-order valence-corrected chi connectivity index (χ0v) is 12.3. The van der Waals surface area contributed by atoms with E-state index in [-0.39, 0.29) is 17.9 Å². The van der Waals surface area contributed by atoms with Crippen molar-refractivity contribution in [1.29, 1.82) is 0 Å². The van der Waals surface area contributed by atoms with E-state index in [0.29, 0.717) is 5.88 Å². The molecule has 0 bridgehead atoms. The van der Waals surface area contributed by atoms with Crippen LogP contribution in [0.3, 0.4) is 0 Å². The predicted octanol–water partition coefficient (Wildman–Crippen LogP) is 3.35. The number of hydrogen-bond donors (Lipinski definition) is 1. The highest BCUT2D eigenvalue weighted by molar-refractivity contribution is 14.1. The third-order valence-electron chi connectivity index (χ3n) is 2.29. The van der Waals surface area contributed by atoms with Crippen LogP contribution in [0.15, 0.2) is 11.4 Å². The van der Waals surface area contributed by atoms with E-state index in [1.165, 1.54) is 0 Å². The highest BCUT2D eigenvalue weighted by atomic mass is 127. The van der Waals surface area contributed by atoms with Gasteiger partial charge in [0, 0.05) is 17.3 Å². The van der Waals surface area contributed by atoms with Gasteiger partial charge in [-0.1, -0.05) is 6.92 Å². The summed E-state index contributed by atoms with van der Waals surface area (Å²) in [6.45, 7) is 4.00. The fraction of sp³-hybridized carbons (Fsp3) is 0.500. The molecule has 1 rings (SSSR count). The molecule has 0 radical (unpaired) electrons. The van der Waals surface area contributed by atoms with Crippen LogP contribution in [0.1, 0.15) is 24.2 Å². The molecule has 1 heterocycles. The Bertz CT molecular complexity index is 342. The minimum Gasteiger partial charge on any atom is -0.349 e. The van der Waals surface area contributed by atoms with Gasteiger partial charge in [-0.15, -0.1) is 22.9 Å². The highest BCUT2D eigenvalue weighted by Gasteiger charge is 2.15. The Hall–Kier alpha value is 0.190. The maximum Gasteiger partial charge on any atom is 0.252 e. The molecule has 1 amide bonds. The molecule has 0 aliphatic rings. The Balaban J connectivity index is 2.56. The van der Waals surface area contributed by atoms with Gasteiger partial charge in [0.25, 0.3) is 5.91 Å². The quantitative estimate of drug-likeness (QED) is 0.650. The summed E-state index contributed by atoms with van der Waals surface area (Å²) in [6, 6.07) is 1.99. The molecule has 1 aromatic heterocycles. The van der Waals surface area contributed by atoms with Gasteiger partial charge in [0.15, 0.2) is 0 Å². The Morgan fingerprint density at radius 3 is 2.80 bits per heavy atom. The third-order valence-corrected chi connectivity index (χ3v) is 4.56. The van der Waals surface area contributed by atoms with Crippen molar-refractivity contribution in [2.45, 2.75) is 19.9 Å². The number of thiophene rings is 1. The monoisotopic (exact) mass is 357 g/mol. The maximum absolute atomic E-state index is 11.7.